The quantitative estimate of drug-likeness (QED) is 0.861. The lowest BCUT2D eigenvalue weighted by molar-refractivity contribution is 0.140. The van der Waals surface area contributed by atoms with Crippen molar-refractivity contribution in [2.24, 2.45) is 11.7 Å². The number of urea groups is 1. The summed E-state index contributed by atoms with van der Waals surface area (Å²) in [6, 6.07) is 8.11. The molecule has 25 heavy (non-hydrogen) atoms. The Morgan fingerprint density at radius 3 is 2.60 bits per heavy atom. The third kappa shape index (κ3) is 5.63. The van der Waals surface area contributed by atoms with Crippen molar-refractivity contribution in [3.63, 3.8) is 0 Å². The van der Waals surface area contributed by atoms with E-state index in [1.54, 1.807) is 4.90 Å². The molecule has 1 aromatic carbocycles. The molecule has 0 radical (unpaired) electrons. The van der Waals surface area contributed by atoms with Crippen LogP contribution in [-0.2, 0) is 6.54 Å². The Labute approximate surface area is 151 Å². The van der Waals surface area contributed by atoms with Crippen molar-refractivity contribution >= 4 is 6.03 Å². The molecule has 3 rings (SSSR count). The Kier molecular flexibility index (Phi) is 6.56. The van der Waals surface area contributed by atoms with Gasteiger partial charge in [-0.1, -0.05) is 44.2 Å². The summed E-state index contributed by atoms with van der Waals surface area (Å²) in [6.45, 7) is 4.89. The Balaban J connectivity index is 1.42. The van der Waals surface area contributed by atoms with Gasteiger partial charge in [0.1, 0.15) is 5.75 Å². The maximum absolute atomic E-state index is 11.2. The van der Waals surface area contributed by atoms with Crippen molar-refractivity contribution in [1.29, 1.82) is 0 Å². The molecule has 0 bridgehead atoms. The molecule has 2 N–H and O–H groups in total. The van der Waals surface area contributed by atoms with Crippen LogP contribution in [0.2, 0.25) is 0 Å². The number of amides is 2. The Morgan fingerprint density at radius 2 is 1.88 bits per heavy atom. The second-order valence-corrected chi connectivity index (χ2v) is 7.39. The van der Waals surface area contributed by atoms with Crippen LogP contribution in [0.25, 0.3) is 0 Å². The third-order valence-corrected chi connectivity index (χ3v) is 5.51. The SMILES string of the molecule is NC(=O)N1CCN(Cc2cccc(OCCC3CCCCC3)c2)CC1. The van der Waals surface area contributed by atoms with Crippen LogP contribution in [0.3, 0.4) is 0 Å². The molecule has 0 atom stereocenters. The number of ether oxygens (including phenoxy) is 1. The average Bonchev–Trinajstić information content (AvgIpc) is 2.63. The fraction of sp³-hybridized carbons (Fsp3) is 0.650. The molecule has 5 heteroatoms. The van der Waals surface area contributed by atoms with Gasteiger partial charge in [-0.2, -0.15) is 0 Å². The molecule has 1 aromatic rings. The number of carbonyl (C=O) groups is 1. The second kappa shape index (κ2) is 9.09. The Hall–Kier alpha value is -1.75. The molecular formula is C20H31N3O2. The maximum Gasteiger partial charge on any atom is 0.314 e. The monoisotopic (exact) mass is 345 g/mol. The molecule has 2 aliphatic rings. The summed E-state index contributed by atoms with van der Waals surface area (Å²) in [4.78, 5) is 15.3. The second-order valence-electron chi connectivity index (χ2n) is 7.39. The van der Waals surface area contributed by atoms with Crippen molar-refractivity contribution in [2.75, 3.05) is 32.8 Å². The average molecular weight is 345 g/mol. The number of primary amides is 1. The zero-order chi connectivity index (χ0) is 17.5. The molecular weight excluding hydrogens is 314 g/mol. The normalized spacial score (nSPS) is 19.8. The molecule has 0 aromatic heterocycles. The molecule has 1 aliphatic carbocycles. The minimum Gasteiger partial charge on any atom is -0.494 e. The zero-order valence-corrected chi connectivity index (χ0v) is 15.2. The van der Waals surface area contributed by atoms with Crippen LogP contribution in [0.5, 0.6) is 5.75 Å². The summed E-state index contributed by atoms with van der Waals surface area (Å²) in [6.07, 6.45) is 8.13. The Bertz CT molecular complexity index is 550. The van der Waals surface area contributed by atoms with Gasteiger partial charge in [0, 0.05) is 32.7 Å². The van der Waals surface area contributed by atoms with Gasteiger partial charge in [0.15, 0.2) is 0 Å². The number of piperazine rings is 1. The van der Waals surface area contributed by atoms with Crippen molar-refractivity contribution in [3.05, 3.63) is 29.8 Å². The van der Waals surface area contributed by atoms with E-state index in [4.69, 9.17) is 10.5 Å². The molecule has 1 saturated heterocycles. The van der Waals surface area contributed by atoms with E-state index >= 15 is 0 Å². The van der Waals surface area contributed by atoms with Crippen LogP contribution < -0.4 is 10.5 Å². The molecule has 5 nitrogen and oxygen atoms in total. The highest BCUT2D eigenvalue weighted by atomic mass is 16.5. The standard InChI is InChI=1S/C20H31N3O2/c21-20(24)23-12-10-22(11-13-23)16-18-7-4-8-19(15-18)25-14-9-17-5-2-1-3-6-17/h4,7-8,15,17H,1-3,5-6,9-14,16H2,(H2,21,24). The summed E-state index contributed by atoms with van der Waals surface area (Å²) in [5.41, 5.74) is 6.60. The van der Waals surface area contributed by atoms with Gasteiger partial charge in [-0.3, -0.25) is 4.90 Å². The fourth-order valence-corrected chi connectivity index (χ4v) is 3.94. The van der Waals surface area contributed by atoms with E-state index in [0.717, 1.165) is 37.9 Å². The smallest absolute Gasteiger partial charge is 0.314 e. The number of hydrogen-bond acceptors (Lipinski definition) is 3. The summed E-state index contributed by atoms with van der Waals surface area (Å²) >= 11 is 0. The minimum atomic E-state index is -0.312. The van der Waals surface area contributed by atoms with E-state index < -0.39 is 0 Å². The van der Waals surface area contributed by atoms with E-state index in [0.29, 0.717) is 13.1 Å². The van der Waals surface area contributed by atoms with Crippen LogP contribution >= 0.6 is 0 Å². The molecule has 1 aliphatic heterocycles. The maximum atomic E-state index is 11.2. The van der Waals surface area contributed by atoms with Crippen LogP contribution in [-0.4, -0.2) is 48.6 Å². The minimum absolute atomic E-state index is 0.312. The number of hydrogen-bond donors (Lipinski definition) is 1. The fourth-order valence-electron chi connectivity index (χ4n) is 3.94. The first-order valence-electron chi connectivity index (χ1n) is 9.69. The lowest BCUT2D eigenvalue weighted by atomic mass is 9.87. The van der Waals surface area contributed by atoms with E-state index in [-0.39, 0.29) is 6.03 Å². The van der Waals surface area contributed by atoms with Gasteiger partial charge in [-0.05, 0) is 30.0 Å². The summed E-state index contributed by atoms with van der Waals surface area (Å²) in [5.74, 6) is 1.84. The Morgan fingerprint density at radius 1 is 1.12 bits per heavy atom. The predicted molar refractivity (Wildman–Crippen MR) is 99.6 cm³/mol. The van der Waals surface area contributed by atoms with Crippen molar-refractivity contribution in [1.82, 2.24) is 9.80 Å². The van der Waals surface area contributed by atoms with Crippen molar-refractivity contribution in [2.45, 2.75) is 45.1 Å². The predicted octanol–water partition coefficient (Wildman–Crippen LogP) is 3.23. The van der Waals surface area contributed by atoms with Crippen molar-refractivity contribution in [3.8, 4) is 5.75 Å². The van der Waals surface area contributed by atoms with Gasteiger partial charge in [0.2, 0.25) is 0 Å². The van der Waals surface area contributed by atoms with Gasteiger partial charge in [0.05, 0.1) is 6.61 Å². The molecule has 0 spiro atoms. The van der Waals surface area contributed by atoms with Gasteiger partial charge in [-0.25, -0.2) is 4.79 Å². The molecule has 0 unspecified atom stereocenters. The van der Waals surface area contributed by atoms with Crippen LogP contribution in [0, 0.1) is 5.92 Å². The zero-order valence-electron chi connectivity index (χ0n) is 15.2. The lowest BCUT2D eigenvalue weighted by Gasteiger charge is -2.33. The first-order chi connectivity index (χ1) is 12.2. The topological polar surface area (TPSA) is 58.8 Å². The highest BCUT2D eigenvalue weighted by Gasteiger charge is 2.19. The largest absolute Gasteiger partial charge is 0.494 e. The van der Waals surface area contributed by atoms with E-state index in [9.17, 15) is 4.79 Å². The number of nitrogens with two attached hydrogens (primary N) is 1. The van der Waals surface area contributed by atoms with Gasteiger partial charge in [0.25, 0.3) is 0 Å². The summed E-state index contributed by atoms with van der Waals surface area (Å²) in [5, 5.41) is 0. The van der Waals surface area contributed by atoms with E-state index in [1.807, 2.05) is 0 Å². The molecule has 138 valence electrons. The summed E-state index contributed by atoms with van der Waals surface area (Å²) < 4.78 is 6.00. The summed E-state index contributed by atoms with van der Waals surface area (Å²) in [7, 11) is 0. The molecule has 1 saturated carbocycles. The van der Waals surface area contributed by atoms with E-state index in [1.165, 1.54) is 44.1 Å². The van der Waals surface area contributed by atoms with Crippen molar-refractivity contribution < 1.29 is 9.53 Å². The van der Waals surface area contributed by atoms with Gasteiger partial charge >= 0.3 is 6.03 Å². The first-order valence-corrected chi connectivity index (χ1v) is 9.69. The number of carbonyl (C=O) groups excluding carboxylic acids is 1. The lowest BCUT2D eigenvalue weighted by Crippen LogP contribution is -2.50. The third-order valence-electron chi connectivity index (χ3n) is 5.51. The van der Waals surface area contributed by atoms with E-state index in [2.05, 4.69) is 29.2 Å². The first kappa shape index (κ1) is 18.1. The molecule has 1 heterocycles. The van der Waals surface area contributed by atoms with Crippen LogP contribution in [0.15, 0.2) is 24.3 Å². The van der Waals surface area contributed by atoms with Crippen LogP contribution in [0.4, 0.5) is 4.79 Å². The number of benzene rings is 1. The van der Waals surface area contributed by atoms with Gasteiger partial charge in [-0.15, -0.1) is 0 Å². The molecule has 2 fully saturated rings. The highest BCUT2D eigenvalue weighted by Crippen LogP contribution is 2.26. The number of rotatable bonds is 6. The highest BCUT2D eigenvalue weighted by molar-refractivity contribution is 5.72. The number of nitrogens with zero attached hydrogens (tertiary/aromatic N) is 2. The molecule has 2 amide bonds. The van der Waals surface area contributed by atoms with Gasteiger partial charge < -0.3 is 15.4 Å². The van der Waals surface area contributed by atoms with Crippen LogP contribution in [0.1, 0.15) is 44.1 Å².